The van der Waals surface area contributed by atoms with Gasteiger partial charge in [0.1, 0.15) is 5.88 Å². The third-order valence-electron chi connectivity index (χ3n) is 5.15. The van der Waals surface area contributed by atoms with Crippen molar-refractivity contribution in [2.75, 3.05) is 38.6 Å². The summed E-state index contributed by atoms with van der Waals surface area (Å²) in [6.07, 6.45) is 2.97. The van der Waals surface area contributed by atoms with E-state index in [1.54, 1.807) is 6.92 Å². The number of aryl methyl sites for hydroxylation is 1. The van der Waals surface area contributed by atoms with E-state index in [9.17, 15) is 9.59 Å². The fourth-order valence-corrected chi connectivity index (χ4v) is 3.85. The fourth-order valence-electron chi connectivity index (χ4n) is 3.68. The lowest BCUT2D eigenvalue weighted by Crippen LogP contribution is -2.48. The summed E-state index contributed by atoms with van der Waals surface area (Å²) < 4.78 is 2.15. The van der Waals surface area contributed by atoms with Crippen LogP contribution in [-0.2, 0) is 29.6 Å². The van der Waals surface area contributed by atoms with E-state index in [4.69, 9.17) is 11.6 Å². The molecular weight excluding hydrogens is 364 g/mol. The summed E-state index contributed by atoms with van der Waals surface area (Å²) in [7, 11) is 2.06. The summed E-state index contributed by atoms with van der Waals surface area (Å²) in [6.45, 7) is 6.30. The van der Waals surface area contributed by atoms with Crippen LogP contribution in [-0.4, -0.2) is 64.8 Å². The van der Waals surface area contributed by atoms with Gasteiger partial charge >= 0.3 is 0 Å². The van der Waals surface area contributed by atoms with E-state index in [0.717, 1.165) is 39.1 Å². The van der Waals surface area contributed by atoms with Gasteiger partial charge in [0.15, 0.2) is 0 Å². The first-order chi connectivity index (χ1) is 13.0. The van der Waals surface area contributed by atoms with Crippen LogP contribution in [0.15, 0.2) is 24.4 Å². The number of carbonyl (C=O) groups is 2. The molecule has 0 atom stereocenters. The summed E-state index contributed by atoms with van der Waals surface area (Å²) in [4.78, 5) is 27.0. The molecule has 1 aromatic carbocycles. The number of amides is 2. The number of aromatic nitrogens is 1. The highest BCUT2D eigenvalue weighted by atomic mass is 35.5. The molecule has 2 amide bonds. The molecule has 1 fully saturated rings. The highest BCUT2D eigenvalue weighted by Gasteiger charge is 2.20. The molecule has 1 aromatic heterocycles. The topological polar surface area (TPSA) is 57.6 Å². The van der Waals surface area contributed by atoms with Gasteiger partial charge in [-0.3, -0.25) is 14.5 Å². The Morgan fingerprint density at radius 3 is 2.59 bits per heavy atom. The van der Waals surface area contributed by atoms with Gasteiger partial charge in [0, 0.05) is 70.3 Å². The molecule has 0 radical (unpaired) electrons. The average Bonchev–Trinajstić information content (AvgIpc) is 2.97. The Bertz CT molecular complexity index is 825. The first-order valence-corrected chi connectivity index (χ1v) is 9.88. The number of hydrogen-bond donors (Lipinski definition) is 1. The molecule has 0 unspecified atom stereocenters. The van der Waals surface area contributed by atoms with Crippen LogP contribution in [0.3, 0.4) is 0 Å². The van der Waals surface area contributed by atoms with Crippen LogP contribution in [0.4, 0.5) is 0 Å². The summed E-state index contributed by atoms with van der Waals surface area (Å²) in [5.74, 6) is 0.0905. The molecule has 146 valence electrons. The van der Waals surface area contributed by atoms with Gasteiger partial charge in [0.2, 0.25) is 11.8 Å². The molecule has 7 heteroatoms. The minimum Gasteiger partial charge on any atom is -0.356 e. The Kier molecular flexibility index (Phi) is 6.39. The summed E-state index contributed by atoms with van der Waals surface area (Å²) in [6, 6.07) is 6.61. The van der Waals surface area contributed by atoms with Crippen LogP contribution >= 0.6 is 11.6 Å². The second kappa shape index (κ2) is 8.76. The predicted molar refractivity (Wildman–Crippen MR) is 108 cm³/mol. The van der Waals surface area contributed by atoms with Crippen molar-refractivity contribution < 1.29 is 9.59 Å². The van der Waals surface area contributed by atoms with E-state index in [0.29, 0.717) is 6.54 Å². The summed E-state index contributed by atoms with van der Waals surface area (Å²) >= 11 is 5.64. The van der Waals surface area contributed by atoms with Crippen molar-refractivity contribution in [3.05, 3.63) is 35.5 Å². The maximum atomic E-state index is 11.7. The smallest absolute Gasteiger partial charge is 0.237 e. The molecule has 3 rings (SSSR count). The van der Waals surface area contributed by atoms with Gasteiger partial charge in [-0.05, 0) is 23.6 Å². The summed E-state index contributed by atoms with van der Waals surface area (Å²) in [5.41, 5.74) is 3.73. The van der Waals surface area contributed by atoms with Crippen LogP contribution in [0.5, 0.6) is 0 Å². The monoisotopic (exact) mass is 390 g/mol. The Labute approximate surface area is 165 Å². The van der Waals surface area contributed by atoms with Crippen molar-refractivity contribution >= 4 is 34.3 Å². The van der Waals surface area contributed by atoms with Gasteiger partial charge in [0.05, 0.1) is 0 Å². The molecule has 2 aromatic rings. The number of hydrogen-bond acceptors (Lipinski definition) is 3. The molecule has 0 spiro atoms. The van der Waals surface area contributed by atoms with Crippen molar-refractivity contribution in [2.24, 2.45) is 7.05 Å². The van der Waals surface area contributed by atoms with Crippen LogP contribution < -0.4 is 5.32 Å². The number of piperazine rings is 1. The second-order valence-electron chi connectivity index (χ2n) is 7.14. The molecule has 1 N–H and O–H groups in total. The Hall–Kier alpha value is -2.05. The Morgan fingerprint density at radius 2 is 1.93 bits per heavy atom. The van der Waals surface area contributed by atoms with Crippen molar-refractivity contribution in [3.63, 3.8) is 0 Å². The lowest BCUT2D eigenvalue weighted by molar-refractivity contribution is -0.130. The molecule has 0 aliphatic carbocycles. The first kappa shape index (κ1) is 19.7. The van der Waals surface area contributed by atoms with Crippen LogP contribution in [0.1, 0.15) is 18.1 Å². The normalized spacial score (nSPS) is 15.3. The molecule has 6 nitrogen and oxygen atoms in total. The lowest BCUT2D eigenvalue weighted by atomic mass is 10.1. The Balaban J connectivity index is 1.64. The SMILES string of the molecule is CC(=O)NCCc1cn(C)c2cc(CN3CCN(C(=O)CCl)CC3)ccc12. The molecule has 1 saturated heterocycles. The molecule has 0 saturated carbocycles. The van der Waals surface area contributed by atoms with Crippen molar-refractivity contribution in [2.45, 2.75) is 19.9 Å². The molecule has 2 heterocycles. The van der Waals surface area contributed by atoms with E-state index in [2.05, 4.69) is 46.2 Å². The number of alkyl halides is 1. The van der Waals surface area contributed by atoms with Gasteiger partial charge < -0.3 is 14.8 Å². The standard InChI is InChI=1S/C20H27ClN4O2/c1-15(26)22-6-5-17-14-23(2)19-11-16(3-4-18(17)19)13-24-7-9-25(10-8-24)20(27)12-21/h3-4,11,14H,5-10,12-13H2,1-2H3,(H,22,26). The van der Waals surface area contributed by atoms with Crippen molar-refractivity contribution in [1.29, 1.82) is 0 Å². The quantitative estimate of drug-likeness (QED) is 0.764. The molecule has 27 heavy (non-hydrogen) atoms. The molecular formula is C20H27ClN4O2. The number of benzene rings is 1. The highest BCUT2D eigenvalue weighted by Crippen LogP contribution is 2.23. The molecule has 1 aliphatic heterocycles. The number of carbonyl (C=O) groups excluding carboxylic acids is 2. The van der Waals surface area contributed by atoms with Crippen molar-refractivity contribution in [1.82, 2.24) is 19.7 Å². The van der Waals surface area contributed by atoms with E-state index < -0.39 is 0 Å². The van der Waals surface area contributed by atoms with E-state index in [-0.39, 0.29) is 17.7 Å². The molecule has 0 bridgehead atoms. The lowest BCUT2D eigenvalue weighted by Gasteiger charge is -2.34. The number of nitrogens with zero attached hydrogens (tertiary/aromatic N) is 3. The number of nitrogens with one attached hydrogen (secondary N) is 1. The third-order valence-corrected chi connectivity index (χ3v) is 5.38. The number of halogens is 1. The zero-order valence-electron chi connectivity index (χ0n) is 16.0. The highest BCUT2D eigenvalue weighted by molar-refractivity contribution is 6.27. The van der Waals surface area contributed by atoms with E-state index in [1.165, 1.54) is 22.0 Å². The zero-order chi connectivity index (χ0) is 19.4. The minimum atomic E-state index is 0.00497. The predicted octanol–water partition coefficient (Wildman–Crippen LogP) is 1.74. The first-order valence-electron chi connectivity index (χ1n) is 9.35. The largest absolute Gasteiger partial charge is 0.356 e. The van der Waals surface area contributed by atoms with Crippen molar-refractivity contribution in [3.8, 4) is 0 Å². The van der Waals surface area contributed by atoms with Gasteiger partial charge in [-0.2, -0.15) is 0 Å². The fraction of sp³-hybridized carbons (Fsp3) is 0.500. The Morgan fingerprint density at radius 1 is 1.19 bits per heavy atom. The van der Waals surface area contributed by atoms with Crippen LogP contribution in [0.25, 0.3) is 10.9 Å². The maximum Gasteiger partial charge on any atom is 0.237 e. The van der Waals surface area contributed by atoms with Gasteiger partial charge in [-0.25, -0.2) is 0 Å². The third kappa shape index (κ3) is 4.82. The maximum absolute atomic E-state index is 11.7. The van der Waals surface area contributed by atoms with Crippen LogP contribution in [0.2, 0.25) is 0 Å². The van der Waals surface area contributed by atoms with Gasteiger partial charge in [0.25, 0.3) is 0 Å². The minimum absolute atomic E-state index is 0.00497. The molecule has 1 aliphatic rings. The number of fused-ring (bicyclic) bond motifs is 1. The van der Waals surface area contributed by atoms with Crippen LogP contribution in [0, 0.1) is 0 Å². The number of rotatable bonds is 6. The van der Waals surface area contributed by atoms with Gasteiger partial charge in [-0.15, -0.1) is 11.6 Å². The summed E-state index contributed by atoms with van der Waals surface area (Å²) in [5, 5.41) is 4.10. The average molecular weight is 391 g/mol. The zero-order valence-corrected chi connectivity index (χ0v) is 16.8. The second-order valence-corrected chi connectivity index (χ2v) is 7.41. The van der Waals surface area contributed by atoms with E-state index in [1.807, 2.05) is 4.90 Å². The van der Waals surface area contributed by atoms with Gasteiger partial charge in [-0.1, -0.05) is 12.1 Å². The van der Waals surface area contributed by atoms with E-state index >= 15 is 0 Å².